The third-order valence-corrected chi connectivity index (χ3v) is 3.50. The number of hydrogen-bond donors (Lipinski definition) is 1. The molecule has 0 aromatic heterocycles. The predicted octanol–water partition coefficient (Wildman–Crippen LogP) is 1.99. The Morgan fingerprint density at radius 1 is 1.47 bits per heavy atom. The average molecular weight is 258 g/mol. The Morgan fingerprint density at radius 3 is 2.84 bits per heavy atom. The van der Waals surface area contributed by atoms with Gasteiger partial charge in [-0.15, -0.1) is 0 Å². The highest BCUT2D eigenvalue weighted by molar-refractivity contribution is 5.79. The summed E-state index contributed by atoms with van der Waals surface area (Å²) in [7, 11) is 0. The van der Waals surface area contributed by atoms with Crippen molar-refractivity contribution in [2.75, 3.05) is 6.61 Å². The minimum absolute atomic E-state index is 0.0246. The Balaban J connectivity index is 1.87. The van der Waals surface area contributed by atoms with Gasteiger partial charge in [-0.3, -0.25) is 4.79 Å². The maximum absolute atomic E-state index is 12.1. The summed E-state index contributed by atoms with van der Waals surface area (Å²) in [6, 6.07) is 9.32. The highest BCUT2D eigenvalue weighted by atomic mass is 16.5. The summed E-state index contributed by atoms with van der Waals surface area (Å²) in [6.45, 7) is 3.21. The summed E-state index contributed by atoms with van der Waals surface area (Å²) in [5, 5.41) is 11.7. The van der Waals surface area contributed by atoms with Crippen molar-refractivity contribution in [3.05, 3.63) is 35.4 Å². The van der Waals surface area contributed by atoms with Gasteiger partial charge in [0.1, 0.15) is 0 Å². The molecule has 1 saturated heterocycles. The lowest BCUT2D eigenvalue weighted by Crippen LogP contribution is -2.34. The molecule has 4 heteroatoms. The molecule has 1 aromatic carbocycles. The minimum Gasteiger partial charge on any atom is -0.377 e. The Kier molecular flexibility index (Phi) is 4.53. The van der Waals surface area contributed by atoms with E-state index in [1.165, 1.54) is 0 Å². The number of carbonyl (C=O) groups excluding carboxylic acids is 1. The zero-order chi connectivity index (χ0) is 13.7. The normalized spacial score (nSPS) is 21.9. The van der Waals surface area contributed by atoms with Gasteiger partial charge in [0.05, 0.1) is 23.7 Å². The monoisotopic (exact) mass is 258 g/mol. The molecule has 1 aliphatic rings. The average Bonchev–Trinajstić information content (AvgIpc) is 2.93. The third-order valence-electron chi connectivity index (χ3n) is 3.50. The second-order valence-electron chi connectivity index (χ2n) is 4.74. The Hall–Kier alpha value is -1.86. The van der Waals surface area contributed by atoms with E-state index >= 15 is 0 Å². The van der Waals surface area contributed by atoms with Gasteiger partial charge in [0.25, 0.3) is 0 Å². The van der Waals surface area contributed by atoms with E-state index < -0.39 is 0 Å². The highest BCUT2D eigenvalue weighted by Crippen LogP contribution is 2.23. The summed E-state index contributed by atoms with van der Waals surface area (Å²) < 4.78 is 5.52. The van der Waals surface area contributed by atoms with Crippen molar-refractivity contribution in [1.82, 2.24) is 5.32 Å². The number of nitriles is 1. The molecule has 0 bridgehead atoms. The van der Waals surface area contributed by atoms with Crippen molar-refractivity contribution in [2.45, 2.75) is 32.4 Å². The fraction of sp³-hybridized carbons (Fsp3) is 0.467. The van der Waals surface area contributed by atoms with E-state index in [2.05, 4.69) is 11.4 Å². The first kappa shape index (κ1) is 13.6. The van der Waals surface area contributed by atoms with Crippen LogP contribution in [0.2, 0.25) is 0 Å². The quantitative estimate of drug-likeness (QED) is 0.898. The van der Waals surface area contributed by atoms with E-state index in [1.54, 1.807) is 12.1 Å². The predicted molar refractivity (Wildman–Crippen MR) is 71.1 cm³/mol. The molecule has 2 unspecified atom stereocenters. The maximum Gasteiger partial charge on any atom is 0.226 e. The molecule has 1 aliphatic heterocycles. The van der Waals surface area contributed by atoms with E-state index in [4.69, 9.17) is 10.00 Å². The molecule has 100 valence electrons. The lowest BCUT2D eigenvalue weighted by Gasteiger charge is -2.16. The molecule has 1 N–H and O–H groups in total. The number of amides is 1. The van der Waals surface area contributed by atoms with Crippen LogP contribution in [0.3, 0.4) is 0 Å². The number of carbonyl (C=O) groups is 1. The fourth-order valence-electron chi connectivity index (χ4n) is 2.37. The van der Waals surface area contributed by atoms with Crippen molar-refractivity contribution in [3.8, 4) is 6.07 Å². The lowest BCUT2D eigenvalue weighted by molar-refractivity contribution is -0.126. The molecular formula is C15H18N2O2. The molecule has 0 saturated carbocycles. The highest BCUT2D eigenvalue weighted by Gasteiger charge is 2.32. The van der Waals surface area contributed by atoms with Crippen LogP contribution < -0.4 is 5.32 Å². The fourth-order valence-corrected chi connectivity index (χ4v) is 2.37. The standard InChI is InChI=1S/C15H18N2O2/c1-2-14-13(7-8-19-14)15(18)17-10-12-5-3-11(9-16)4-6-12/h3-6,13-14H,2,7-8,10H2,1H3,(H,17,18). The van der Waals surface area contributed by atoms with Crippen LogP contribution in [0.5, 0.6) is 0 Å². The molecule has 2 rings (SSSR count). The van der Waals surface area contributed by atoms with E-state index in [0.717, 1.165) is 18.4 Å². The van der Waals surface area contributed by atoms with Crippen LogP contribution >= 0.6 is 0 Å². The summed E-state index contributed by atoms with van der Waals surface area (Å²) in [5.41, 5.74) is 1.63. The minimum atomic E-state index is -0.0246. The van der Waals surface area contributed by atoms with Crippen molar-refractivity contribution in [3.63, 3.8) is 0 Å². The first-order valence-corrected chi connectivity index (χ1v) is 6.63. The SMILES string of the molecule is CCC1OCCC1C(=O)NCc1ccc(C#N)cc1. The molecule has 0 radical (unpaired) electrons. The van der Waals surface area contributed by atoms with E-state index in [-0.39, 0.29) is 17.9 Å². The molecule has 4 nitrogen and oxygen atoms in total. The number of nitrogens with zero attached hydrogens (tertiary/aromatic N) is 1. The van der Waals surface area contributed by atoms with Crippen molar-refractivity contribution in [1.29, 1.82) is 5.26 Å². The Labute approximate surface area is 113 Å². The Morgan fingerprint density at radius 2 is 2.21 bits per heavy atom. The molecule has 0 spiro atoms. The van der Waals surface area contributed by atoms with Gasteiger partial charge in [0, 0.05) is 13.2 Å². The van der Waals surface area contributed by atoms with Gasteiger partial charge >= 0.3 is 0 Å². The van der Waals surface area contributed by atoms with E-state index in [0.29, 0.717) is 18.7 Å². The zero-order valence-corrected chi connectivity index (χ0v) is 11.1. The number of nitrogens with one attached hydrogen (secondary N) is 1. The number of hydrogen-bond acceptors (Lipinski definition) is 3. The summed E-state index contributed by atoms with van der Waals surface area (Å²) in [6.07, 6.45) is 1.73. The number of rotatable bonds is 4. The number of benzene rings is 1. The molecule has 19 heavy (non-hydrogen) atoms. The van der Waals surface area contributed by atoms with Crippen molar-refractivity contribution in [2.24, 2.45) is 5.92 Å². The van der Waals surface area contributed by atoms with Gasteiger partial charge in [-0.2, -0.15) is 5.26 Å². The van der Waals surface area contributed by atoms with E-state index in [9.17, 15) is 4.79 Å². The lowest BCUT2D eigenvalue weighted by atomic mass is 9.98. The topological polar surface area (TPSA) is 62.1 Å². The van der Waals surface area contributed by atoms with Crippen LogP contribution in [0, 0.1) is 17.2 Å². The van der Waals surface area contributed by atoms with Crippen LogP contribution in [0.15, 0.2) is 24.3 Å². The Bertz CT molecular complexity index is 476. The summed E-state index contributed by atoms with van der Waals surface area (Å²) in [4.78, 5) is 12.1. The summed E-state index contributed by atoms with van der Waals surface area (Å²) in [5.74, 6) is 0.0390. The first-order valence-electron chi connectivity index (χ1n) is 6.63. The van der Waals surface area contributed by atoms with Crippen molar-refractivity contribution >= 4 is 5.91 Å². The van der Waals surface area contributed by atoms with Gasteiger partial charge in [-0.1, -0.05) is 19.1 Å². The molecule has 1 amide bonds. The largest absolute Gasteiger partial charge is 0.377 e. The molecule has 0 aliphatic carbocycles. The first-order chi connectivity index (χ1) is 9.24. The van der Waals surface area contributed by atoms with Gasteiger partial charge in [-0.25, -0.2) is 0 Å². The summed E-state index contributed by atoms with van der Waals surface area (Å²) >= 11 is 0. The zero-order valence-electron chi connectivity index (χ0n) is 11.1. The molecule has 2 atom stereocenters. The maximum atomic E-state index is 12.1. The second-order valence-corrected chi connectivity index (χ2v) is 4.74. The molecule has 1 heterocycles. The molecular weight excluding hydrogens is 240 g/mol. The van der Waals surface area contributed by atoms with Crippen LogP contribution in [0.1, 0.15) is 30.9 Å². The van der Waals surface area contributed by atoms with Gasteiger partial charge < -0.3 is 10.1 Å². The van der Waals surface area contributed by atoms with Gasteiger partial charge in [-0.05, 0) is 30.5 Å². The van der Waals surface area contributed by atoms with Gasteiger partial charge in [0.2, 0.25) is 5.91 Å². The molecule has 1 aromatic rings. The smallest absolute Gasteiger partial charge is 0.226 e. The van der Waals surface area contributed by atoms with Crippen LogP contribution in [-0.4, -0.2) is 18.6 Å². The van der Waals surface area contributed by atoms with Crippen LogP contribution in [-0.2, 0) is 16.1 Å². The second kappa shape index (κ2) is 6.35. The van der Waals surface area contributed by atoms with Crippen molar-refractivity contribution < 1.29 is 9.53 Å². The van der Waals surface area contributed by atoms with E-state index in [1.807, 2.05) is 19.1 Å². The number of ether oxygens (including phenoxy) is 1. The van der Waals surface area contributed by atoms with Crippen LogP contribution in [0.25, 0.3) is 0 Å². The van der Waals surface area contributed by atoms with Crippen LogP contribution in [0.4, 0.5) is 0 Å². The third kappa shape index (κ3) is 3.33. The molecule has 1 fully saturated rings. The van der Waals surface area contributed by atoms with Gasteiger partial charge in [0.15, 0.2) is 0 Å².